The summed E-state index contributed by atoms with van der Waals surface area (Å²) < 4.78 is 53.2. The van der Waals surface area contributed by atoms with Crippen LogP contribution in [0.25, 0.3) is 0 Å². The molecule has 3 fully saturated rings. The van der Waals surface area contributed by atoms with Crippen LogP contribution in [0.4, 0.5) is 34.1 Å². The van der Waals surface area contributed by atoms with Crippen LogP contribution in [0.15, 0.2) is 36.4 Å². The minimum Gasteiger partial charge on any atom is -0.465 e. The number of nitrogens with zero attached hydrogens (tertiary/aromatic N) is 6. The molecule has 3 N–H and O–H groups in total. The highest BCUT2D eigenvalue weighted by Gasteiger charge is 2.42. The van der Waals surface area contributed by atoms with E-state index >= 15 is 0 Å². The van der Waals surface area contributed by atoms with Crippen molar-refractivity contribution < 1.29 is 41.8 Å². The molecule has 0 spiro atoms. The van der Waals surface area contributed by atoms with Crippen LogP contribution >= 0.6 is 11.6 Å². The van der Waals surface area contributed by atoms with Crippen molar-refractivity contribution in [3.8, 4) is 0 Å². The van der Waals surface area contributed by atoms with Crippen LogP contribution in [-0.4, -0.2) is 164 Å². The molecule has 14 nitrogen and oxygen atoms in total. The van der Waals surface area contributed by atoms with Crippen LogP contribution in [0.1, 0.15) is 55.7 Å². The van der Waals surface area contributed by atoms with E-state index in [-0.39, 0.29) is 60.2 Å². The summed E-state index contributed by atoms with van der Waals surface area (Å²) in [6, 6.07) is 9.47. The number of ether oxygens (including phenoxy) is 2. The van der Waals surface area contributed by atoms with E-state index < -0.39 is 35.5 Å². The lowest BCUT2D eigenvalue weighted by Gasteiger charge is -2.50. The van der Waals surface area contributed by atoms with Gasteiger partial charge in [-0.2, -0.15) is 13.2 Å². The predicted octanol–water partition coefficient (Wildman–Crippen LogP) is 5.04. The van der Waals surface area contributed by atoms with Crippen molar-refractivity contribution in [2.24, 2.45) is 0 Å². The van der Waals surface area contributed by atoms with Crippen LogP contribution in [0.2, 0.25) is 5.02 Å². The number of alkyl halides is 3. The highest BCUT2D eigenvalue weighted by Crippen LogP contribution is 2.38. The molecular formula is C42H58ClF3N8O6. The number of carbonyl (C=O) groups is 4. The fourth-order valence-corrected chi connectivity index (χ4v) is 8.93. The lowest BCUT2D eigenvalue weighted by molar-refractivity contribution is -0.146. The number of anilines is 2. The van der Waals surface area contributed by atoms with Gasteiger partial charge in [0.2, 0.25) is 0 Å². The van der Waals surface area contributed by atoms with E-state index in [0.29, 0.717) is 71.4 Å². The number of likely N-dealkylation sites (tertiary alicyclic amines) is 2. The quantitative estimate of drug-likeness (QED) is 0.169. The maximum Gasteiger partial charge on any atom is 0.418 e. The molecule has 3 saturated heterocycles. The largest absolute Gasteiger partial charge is 0.465 e. The van der Waals surface area contributed by atoms with Crippen LogP contribution in [0, 0.1) is 0 Å². The number of hydrogen-bond acceptors (Lipinski definition) is 10. The Morgan fingerprint density at radius 1 is 0.983 bits per heavy atom. The van der Waals surface area contributed by atoms with Gasteiger partial charge < -0.3 is 40.1 Å². The average Bonchev–Trinajstić information content (AvgIpc) is 3.38. The van der Waals surface area contributed by atoms with E-state index in [0.717, 1.165) is 43.4 Å². The first-order valence-electron chi connectivity index (χ1n) is 20.8. The highest BCUT2D eigenvalue weighted by atomic mass is 35.5. The number of piperidine rings is 2. The molecule has 0 saturated carbocycles. The lowest BCUT2D eigenvalue weighted by Crippen LogP contribution is -2.60. The van der Waals surface area contributed by atoms with Gasteiger partial charge in [-0.05, 0) is 88.9 Å². The second kappa shape index (κ2) is 19.6. The summed E-state index contributed by atoms with van der Waals surface area (Å²) in [5.41, 5.74) is 5.60. The summed E-state index contributed by atoms with van der Waals surface area (Å²) in [7, 11) is 3.95. The molecule has 0 aliphatic carbocycles. The van der Waals surface area contributed by atoms with Gasteiger partial charge >= 0.3 is 24.3 Å². The normalized spacial score (nSPS) is 20.0. The molecule has 330 valence electrons. The van der Waals surface area contributed by atoms with Crippen molar-refractivity contribution in [2.45, 2.75) is 75.7 Å². The lowest BCUT2D eigenvalue weighted by atomic mass is 9.86. The molecule has 4 aliphatic rings. The number of esters is 1. The van der Waals surface area contributed by atoms with Gasteiger partial charge in [0, 0.05) is 89.1 Å². The molecule has 0 bridgehead atoms. The number of halogens is 4. The van der Waals surface area contributed by atoms with E-state index in [4.69, 9.17) is 26.8 Å². The number of carbonyl (C=O) groups excluding carboxylic acids is 4. The molecule has 0 radical (unpaired) electrons. The van der Waals surface area contributed by atoms with Gasteiger partial charge in [0.1, 0.15) is 0 Å². The minimum absolute atomic E-state index is 0.0525. The standard InChI is InChI=1S/C42H58ClF3N8O6/c1-41(53-22-20-50(21-23-53)28-36(55)59-24-6-14-49(2)3)12-18-51(19-13-41)38(56)35(27-29-25-32(42(44,45)46)37(47)33(43)26-29)60-40(58)52-15-10-31(11-16-52)54-17-9-30-7-4-5-8-34(30)48-39(54)57/h4-5,7-8,25-26,31,35H,6,9-24,27-28,47H2,1-3H3,(H,48,57)/t35-/m1/s1. The Morgan fingerprint density at radius 2 is 1.67 bits per heavy atom. The number of amides is 4. The van der Waals surface area contributed by atoms with Crippen LogP contribution in [0.3, 0.4) is 0 Å². The summed E-state index contributed by atoms with van der Waals surface area (Å²) in [5.74, 6) is -0.735. The molecular weight excluding hydrogens is 805 g/mol. The number of nitrogen functional groups attached to an aromatic ring is 1. The van der Waals surface area contributed by atoms with Crippen molar-refractivity contribution in [1.82, 2.24) is 29.4 Å². The maximum absolute atomic E-state index is 14.3. The second-order valence-electron chi connectivity index (χ2n) is 16.8. The Hall–Kier alpha value is -4.32. The molecule has 4 heterocycles. The third kappa shape index (κ3) is 11.3. The SMILES string of the molecule is CN(C)CCCOC(=O)CN1CCN(C2(C)CCN(C(=O)[C@@H](Cc3cc(Cl)c(N)c(C(F)(F)F)c3)OC(=O)N3CCC(N4CCc5ccccc5NC4=O)CC3)CC2)CC1. The van der Waals surface area contributed by atoms with Gasteiger partial charge in [-0.25, -0.2) is 9.59 Å². The summed E-state index contributed by atoms with van der Waals surface area (Å²) in [6.07, 6.45) is -3.63. The highest BCUT2D eigenvalue weighted by molar-refractivity contribution is 6.33. The number of benzene rings is 2. The summed E-state index contributed by atoms with van der Waals surface area (Å²) in [4.78, 5) is 65.0. The zero-order chi connectivity index (χ0) is 43.2. The van der Waals surface area contributed by atoms with Gasteiger partial charge in [0.15, 0.2) is 6.10 Å². The number of piperazine rings is 1. The third-order valence-electron chi connectivity index (χ3n) is 12.4. The van der Waals surface area contributed by atoms with Crippen molar-refractivity contribution in [3.63, 3.8) is 0 Å². The minimum atomic E-state index is -4.80. The Balaban J connectivity index is 1.06. The molecule has 18 heteroatoms. The first-order valence-corrected chi connectivity index (χ1v) is 21.2. The number of urea groups is 1. The maximum atomic E-state index is 14.3. The molecule has 1 atom stereocenters. The molecule has 0 unspecified atom stereocenters. The summed E-state index contributed by atoms with van der Waals surface area (Å²) in [5, 5.41) is 2.67. The van der Waals surface area contributed by atoms with E-state index in [9.17, 15) is 32.3 Å². The Kier molecular flexibility index (Phi) is 14.8. The first kappa shape index (κ1) is 45.2. The fraction of sp³-hybridized carbons (Fsp3) is 0.619. The van der Waals surface area contributed by atoms with Gasteiger partial charge in [-0.15, -0.1) is 0 Å². The average molecular weight is 863 g/mol. The Labute approximate surface area is 355 Å². The number of fused-ring (bicyclic) bond motifs is 1. The van der Waals surface area contributed by atoms with E-state index in [2.05, 4.69) is 22.0 Å². The molecule has 6 rings (SSSR count). The number of para-hydroxylation sites is 1. The molecule has 2 aromatic carbocycles. The predicted molar refractivity (Wildman–Crippen MR) is 222 cm³/mol. The second-order valence-corrected chi connectivity index (χ2v) is 17.2. The van der Waals surface area contributed by atoms with Crippen LogP contribution in [0.5, 0.6) is 0 Å². The van der Waals surface area contributed by atoms with Crippen molar-refractivity contribution >= 4 is 47.0 Å². The zero-order valence-electron chi connectivity index (χ0n) is 34.8. The monoisotopic (exact) mass is 862 g/mol. The molecule has 2 aromatic rings. The van der Waals surface area contributed by atoms with Crippen LogP contribution < -0.4 is 11.1 Å². The van der Waals surface area contributed by atoms with Gasteiger partial charge in [0.25, 0.3) is 5.91 Å². The van der Waals surface area contributed by atoms with Gasteiger partial charge in [-0.3, -0.25) is 19.4 Å². The third-order valence-corrected chi connectivity index (χ3v) is 12.7. The zero-order valence-corrected chi connectivity index (χ0v) is 35.5. The smallest absolute Gasteiger partial charge is 0.418 e. The van der Waals surface area contributed by atoms with Crippen LogP contribution in [-0.2, 0) is 38.1 Å². The van der Waals surface area contributed by atoms with E-state index in [1.807, 2.05) is 43.3 Å². The van der Waals surface area contributed by atoms with Crippen molar-refractivity contribution in [2.75, 3.05) is 104 Å². The number of nitrogens with one attached hydrogen (secondary N) is 1. The van der Waals surface area contributed by atoms with E-state index in [1.54, 1.807) is 9.80 Å². The molecule has 4 amide bonds. The van der Waals surface area contributed by atoms with Gasteiger partial charge in [0.05, 0.1) is 29.4 Å². The van der Waals surface area contributed by atoms with Crippen molar-refractivity contribution in [1.29, 1.82) is 0 Å². The summed E-state index contributed by atoms with van der Waals surface area (Å²) >= 11 is 6.16. The van der Waals surface area contributed by atoms with Crippen molar-refractivity contribution in [3.05, 3.63) is 58.1 Å². The molecule has 4 aliphatic heterocycles. The molecule has 0 aromatic heterocycles. The topological polar surface area (TPSA) is 144 Å². The molecule has 60 heavy (non-hydrogen) atoms. The number of hydrogen-bond donors (Lipinski definition) is 2. The Bertz CT molecular complexity index is 1850. The van der Waals surface area contributed by atoms with E-state index in [1.165, 1.54) is 11.0 Å². The Morgan fingerprint density at radius 3 is 2.33 bits per heavy atom. The number of rotatable bonds is 12. The first-order chi connectivity index (χ1) is 28.5. The number of nitrogens with two attached hydrogens (primary N) is 1. The fourth-order valence-electron chi connectivity index (χ4n) is 8.68. The van der Waals surface area contributed by atoms with Gasteiger partial charge in [-0.1, -0.05) is 29.8 Å². The summed E-state index contributed by atoms with van der Waals surface area (Å²) in [6.45, 7) is 8.27.